The van der Waals surface area contributed by atoms with Crippen LogP contribution in [0, 0.1) is 10.8 Å². The van der Waals surface area contributed by atoms with Gasteiger partial charge in [-0.3, -0.25) is 5.41 Å². The molecule has 0 saturated heterocycles. The third-order valence-corrected chi connectivity index (χ3v) is 4.05. The van der Waals surface area contributed by atoms with Crippen LogP contribution < -0.4 is 5.73 Å². The number of rotatable bonds is 6. The molecule has 0 bridgehead atoms. The molecule has 7 heteroatoms. The predicted octanol–water partition coefficient (Wildman–Crippen LogP) is 2.11. The van der Waals surface area contributed by atoms with Crippen LogP contribution in [0.25, 0.3) is 5.69 Å². The molecule has 1 aromatic heterocycles. The van der Waals surface area contributed by atoms with Crippen molar-refractivity contribution in [2.75, 3.05) is 5.75 Å². The fourth-order valence-corrected chi connectivity index (χ4v) is 2.69. The third kappa shape index (κ3) is 3.36. The molecule has 0 saturated carbocycles. The SMILES string of the molecule is CC(C)(CCSc1nnnn1-c1ccccc1)C(=N)N. The summed E-state index contributed by atoms with van der Waals surface area (Å²) in [4.78, 5) is 0. The van der Waals surface area contributed by atoms with Gasteiger partial charge >= 0.3 is 0 Å². The summed E-state index contributed by atoms with van der Waals surface area (Å²) in [5.74, 6) is 1.01. The molecule has 0 fully saturated rings. The number of benzene rings is 1. The summed E-state index contributed by atoms with van der Waals surface area (Å²) in [5.41, 5.74) is 6.22. The highest BCUT2D eigenvalue weighted by Crippen LogP contribution is 2.26. The van der Waals surface area contributed by atoms with Crippen LogP contribution in [0.3, 0.4) is 0 Å². The zero-order chi connectivity index (χ0) is 14.6. The smallest absolute Gasteiger partial charge is 0.214 e. The Morgan fingerprint density at radius 2 is 2.05 bits per heavy atom. The van der Waals surface area contributed by atoms with Gasteiger partial charge in [0.2, 0.25) is 5.16 Å². The van der Waals surface area contributed by atoms with Crippen LogP contribution >= 0.6 is 11.8 Å². The topological polar surface area (TPSA) is 93.5 Å². The van der Waals surface area contributed by atoms with E-state index in [0.717, 1.165) is 23.0 Å². The number of tetrazole rings is 1. The molecule has 0 amide bonds. The number of aromatic nitrogens is 4. The van der Waals surface area contributed by atoms with Crippen molar-refractivity contribution >= 4 is 17.6 Å². The van der Waals surface area contributed by atoms with Gasteiger partial charge in [0.25, 0.3) is 0 Å². The van der Waals surface area contributed by atoms with E-state index in [1.54, 1.807) is 16.4 Å². The van der Waals surface area contributed by atoms with Crippen molar-refractivity contribution < 1.29 is 0 Å². The van der Waals surface area contributed by atoms with Crippen LogP contribution in [0.4, 0.5) is 0 Å². The summed E-state index contributed by atoms with van der Waals surface area (Å²) in [6, 6.07) is 9.77. The number of nitrogens with one attached hydrogen (secondary N) is 1. The normalized spacial score (nSPS) is 11.5. The van der Waals surface area contributed by atoms with Gasteiger partial charge in [-0.2, -0.15) is 4.68 Å². The van der Waals surface area contributed by atoms with Crippen LogP contribution in [-0.4, -0.2) is 31.8 Å². The minimum absolute atomic E-state index is 0.209. The first-order chi connectivity index (χ1) is 9.50. The van der Waals surface area contributed by atoms with Crippen molar-refractivity contribution in [3.63, 3.8) is 0 Å². The van der Waals surface area contributed by atoms with Crippen molar-refractivity contribution in [1.29, 1.82) is 5.41 Å². The average Bonchev–Trinajstić information content (AvgIpc) is 2.88. The van der Waals surface area contributed by atoms with E-state index < -0.39 is 0 Å². The average molecular weight is 290 g/mol. The highest BCUT2D eigenvalue weighted by atomic mass is 32.2. The molecule has 6 nitrogen and oxygen atoms in total. The first-order valence-electron chi connectivity index (χ1n) is 6.32. The number of para-hydroxylation sites is 1. The lowest BCUT2D eigenvalue weighted by Crippen LogP contribution is -2.31. The van der Waals surface area contributed by atoms with Gasteiger partial charge in [-0.25, -0.2) is 0 Å². The highest BCUT2D eigenvalue weighted by Gasteiger charge is 2.21. The first-order valence-corrected chi connectivity index (χ1v) is 7.30. The molecule has 106 valence electrons. The van der Waals surface area contributed by atoms with Crippen molar-refractivity contribution in [2.24, 2.45) is 11.1 Å². The van der Waals surface area contributed by atoms with E-state index in [0.29, 0.717) is 0 Å². The van der Waals surface area contributed by atoms with Crippen molar-refractivity contribution in [3.8, 4) is 5.69 Å². The molecule has 2 rings (SSSR count). The van der Waals surface area contributed by atoms with E-state index in [2.05, 4.69) is 15.5 Å². The lowest BCUT2D eigenvalue weighted by Gasteiger charge is -2.22. The Balaban J connectivity index is 2.02. The first kappa shape index (κ1) is 14.5. The van der Waals surface area contributed by atoms with Gasteiger partial charge in [0.05, 0.1) is 11.5 Å². The van der Waals surface area contributed by atoms with Crippen LogP contribution in [0.2, 0.25) is 0 Å². The van der Waals surface area contributed by atoms with E-state index in [-0.39, 0.29) is 11.3 Å². The van der Waals surface area contributed by atoms with Crippen molar-refractivity contribution in [2.45, 2.75) is 25.4 Å². The lowest BCUT2D eigenvalue weighted by molar-refractivity contribution is 0.499. The highest BCUT2D eigenvalue weighted by molar-refractivity contribution is 7.99. The summed E-state index contributed by atoms with van der Waals surface area (Å²) >= 11 is 1.57. The molecular formula is C13H18N6S. The second-order valence-corrected chi connectivity index (χ2v) is 6.17. The molecule has 3 N–H and O–H groups in total. The number of hydrogen-bond donors (Lipinski definition) is 2. The Hall–Kier alpha value is -1.89. The predicted molar refractivity (Wildman–Crippen MR) is 80.2 cm³/mol. The van der Waals surface area contributed by atoms with Gasteiger partial charge in [-0.1, -0.05) is 43.8 Å². The van der Waals surface area contributed by atoms with Crippen LogP contribution in [-0.2, 0) is 0 Å². The number of hydrogen-bond acceptors (Lipinski definition) is 5. The molecule has 0 aliphatic carbocycles. The molecule has 20 heavy (non-hydrogen) atoms. The van der Waals surface area contributed by atoms with Gasteiger partial charge in [0.1, 0.15) is 0 Å². The maximum Gasteiger partial charge on any atom is 0.214 e. The maximum atomic E-state index is 7.55. The van der Waals surface area contributed by atoms with Crippen molar-refractivity contribution in [1.82, 2.24) is 20.2 Å². The molecule has 1 aromatic carbocycles. The van der Waals surface area contributed by atoms with E-state index in [4.69, 9.17) is 11.1 Å². The standard InChI is InChI=1S/C13H18N6S/c1-13(2,11(14)15)8-9-20-12-16-17-18-19(12)10-6-4-3-5-7-10/h3-7H,8-9H2,1-2H3,(H3,14,15). The Morgan fingerprint density at radius 3 is 2.70 bits per heavy atom. The van der Waals surface area contributed by atoms with Crippen LogP contribution in [0.5, 0.6) is 0 Å². The molecule has 0 aliphatic heterocycles. The fraction of sp³-hybridized carbons (Fsp3) is 0.385. The zero-order valence-corrected chi connectivity index (χ0v) is 12.4. The van der Waals surface area contributed by atoms with E-state index >= 15 is 0 Å². The molecule has 2 aromatic rings. The molecule has 1 heterocycles. The minimum Gasteiger partial charge on any atom is -0.387 e. The van der Waals surface area contributed by atoms with Gasteiger partial charge in [-0.05, 0) is 29.0 Å². The number of amidine groups is 1. The molecule has 0 unspecified atom stereocenters. The molecule has 0 radical (unpaired) electrons. The quantitative estimate of drug-likeness (QED) is 0.483. The second-order valence-electron chi connectivity index (χ2n) is 5.10. The lowest BCUT2D eigenvalue weighted by atomic mass is 9.89. The molecular weight excluding hydrogens is 272 g/mol. The van der Waals surface area contributed by atoms with Crippen molar-refractivity contribution in [3.05, 3.63) is 30.3 Å². The van der Waals surface area contributed by atoms with Crippen LogP contribution in [0.15, 0.2) is 35.5 Å². The van der Waals surface area contributed by atoms with Gasteiger partial charge in [0, 0.05) is 11.2 Å². The number of nitrogens with zero attached hydrogens (tertiary/aromatic N) is 4. The Bertz CT molecular complexity index is 578. The van der Waals surface area contributed by atoms with Gasteiger partial charge < -0.3 is 5.73 Å². The Labute approximate surface area is 122 Å². The molecule has 0 atom stereocenters. The van der Waals surface area contributed by atoms with E-state index in [1.807, 2.05) is 44.2 Å². The summed E-state index contributed by atoms with van der Waals surface area (Å²) < 4.78 is 1.71. The Morgan fingerprint density at radius 1 is 1.35 bits per heavy atom. The summed E-state index contributed by atoms with van der Waals surface area (Å²) in [7, 11) is 0. The zero-order valence-electron chi connectivity index (χ0n) is 11.6. The summed E-state index contributed by atoms with van der Waals surface area (Å²) in [5, 5.41) is 20.1. The number of nitrogens with two attached hydrogens (primary N) is 1. The van der Waals surface area contributed by atoms with Gasteiger partial charge in [0.15, 0.2) is 0 Å². The summed E-state index contributed by atoms with van der Waals surface area (Å²) in [6.07, 6.45) is 0.800. The Kier molecular flexibility index (Phi) is 4.39. The van der Waals surface area contributed by atoms with E-state index in [9.17, 15) is 0 Å². The van der Waals surface area contributed by atoms with Gasteiger partial charge in [-0.15, -0.1) is 5.10 Å². The van der Waals surface area contributed by atoms with E-state index in [1.165, 1.54) is 0 Å². The molecule has 0 aliphatic rings. The monoisotopic (exact) mass is 290 g/mol. The van der Waals surface area contributed by atoms with Crippen LogP contribution in [0.1, 0.15) is 20.3 Å². The third-order valence-electron chi connectivity index (χ3n) is 3.13. The maximum absolute atomic E-state index is 7.55. The molecule has 0 spiro atoms. The second kappa shape index (κ2) is 6.04. The number of thioether (sulfide) groups is 1. The largest absolute Gasteiger partial charge is 0.387 e. The fourth-order valence-electron chi connectivity index (χ4n) is 1.53. The summed E-state index contributed by atoms with van der Waals surface area (Å²) in [6.45, 7) is 3.94. The minimum atomic E-state index is -0.294.